The van der Waals surface area contributed by atoms with Crippen LogP contribution < -0.4 is 14.4 Å². The number of ether oxygens (including phenoxy) is 3. The fourth-order valence-corrected chi connectivity index (χ4v) is 3.51. The number of nitro groups is 1. The summed E-state index contributed by atoms with van der Waals surface area (Å²) in [5, 5.41) is 10.8. The van der Waals surface area contributed by atoms with Gasteiger partial charge in [-0.1, -0.05) is 18.2 Å². The summed E-state index contributed by atoms with van der Waals surface area (Å²) in [6.45, 7) is 3.26. The molecular formula is C24H27N3O7. The first kappa shape index (κ1) is 24.6. The highest BCUT2D eigenvalue weighted by Gasteiger charge is 2.23. The SMILES string of the molecule is C/C=C/c1ccc(OCC(=O)OCC(=O)N2CCN(c3ccc([N+](=O)[O-])cc3)CC2)c(OC)c1. The van der Waals surface area contributed by atoms with Crippen LogP contribution in [-0.2, 0) is 14.3 Å². The second-order valence-electron chi connectivity index (χ2n) is 7.50. The molecule has 0 aromatic heterocycles. The number of nitrogens with zero attached hydrogens (tertiary/aromatic N) is 3. The van der Waals surface area contributed by atoms with Gasteiger partial charge in [0.15, 0.2) is 24.7 Å². The lowest BCUT2D eigenvalue weighted by Crippen LogP contribution is -2.50. The minimum atomic E-state index is -0.655. The Kier molecular flexibility index (Phi) is 8.44. The molecule has 2 aromatic carbocycles. The molecule has 0 radical (unpaired) electrons. The molecule has 0 unspecified atom stereocenters. The highest BCUT2D eigenvalue weighted by Crippen LogP contribution is 2.28. The van der Waals surface area contributed by atoms with Crippen molar-refractivity contribution in [2.45, 2.75) is 6.92 Å². The van der Waals surface area contributed by atoms with Crippen LogP contribution in [0, 0.1) is 10.1 Å². The summed E-state index contributed by atoms with van der Waals surface area (Å²) in [4.78, 5) is 38.5. The molecule has 1 heterocycles. The average molecular weight is 469 g/mol. The highest BCUT2D eigenvalue weighted by atomic mass is 16.6. The Morgan fingerprint density at radius 2 is 1.74 bits per heavy atom. The summed E-state index contributed by atoms with van der Waals surface area (Å²) >= 11 is 0. The minimum absolute atomic E-state index is 0.0347. The summed E-state index contributed by atoms with van der Waals surface area (Å²) in [5.74, 6) is -0.0470. The van der Waals surface area contributed by atoms with Gasteiger partial charge in [0.1, 0.15) is 0 Å². The molecule has 0 atom stereocenters. The van der Waals surface area contributed by atoms with Crippen molar-refractivity contribution < 1.29 is 28.7 Å². The third-order valence-corrected chi connectivity index (χ3v) is 5.31. The molecule has 1 amide bonds. The van der Waals surface area contributed by atoms with Crippen molar-refractivity contribution in [3.05, 3.63) is 64.2 Å². The number of amides is 1. The molecule has 2 aromatic rings. The van der Waals surface area contributed by atoms with Crippen molar-refractivity contribution in [3.63, 3.8) is 0 Å². The van der Waals surface area contributed by atoms with E-state index in [2.05, 4.69) is 0 Å². The quantitative estimate of drug-likeness (QED) is 0.313. The number of anilines is 1. The maximum Gasteiger partial charge on any atom is 0.344 e. The molecule has 0 N–H and O–H groups in total. The molecule has 1 saturated heterocycles. The Morgan fingerprint density at radius 3 is 2.35 bits per heavy atom. The first-order valence-electron chi connectivity index (χ1n) is 10.8. The number of esters is 1. The van der Waals surface area contributed by atoms with Gasteiger partial charge >= 0.3 is 5.97 Å². The maximum absolute atomic E-state index is 12.4. The van der Waals surface area contributed by atoms with E-state index >= 15 is 0 Å². The first-order valence-corrected chi connectivity index (χ1v) is 10.8. The fraction of sp³-hybridized carbons (Fsp3) is 0.333. The Hall–Kier alpha value is -4.08. The number of carbonyl (C=O) groups is 2. The van der Waals surface area contributed by atoms with Crippen LogP contribution in [0.2, 0.25) is 0 Å². The van der Waals surface area contributed by atoms with Crippen LogP contribution in [0.1, 0.15) is 12.5 Å². The van der Waals surface area contributed by atoms with Gasteiger partial charge in [-0.25, -0.2) is 4.79 Å². The molecule has 1 aliphatic rings. The second-order valence-corrected chi connectivity index (χ2v) is 7.50. The number of non-ortho nitro benzene ring substituents is 1. The number of methoxy groups -OCH3 is 1. The van der Waals surface area contributed by atoms with E-state index in [1.165, 1.54) is 19.2 Å². The number of carbonyl (C=O) groups excluding carboxylic acids is 2. The molecule has 1 fully saturated rings. The van der Waals surface area contributed by atoms with Crippen LogP contribution in [0.4, 0.5) is 11.4 Å². The van der Waals surface area contributed by atoms with Gasteiger partial charge in [-0.15, -0.1) is 0 Å². The minimum Gasteiger partial charge on any atom is -0.493 e. The monoisotopic (exact) mass is 469 g/mol. The predicted octanol–water partition coefficient (Wildman–Crippen LogP) is 2.91. The van der Waals surface area contributed by atoms with E-state index in [0.29, 0.717) is 37.7 Å². The molecule has 10 nitrogen and oxygen atoms in total. The largest absolute Gasteiger partial charge is 0.493 e. The van der Waals surface area contributed by atoms with E-state index in [-0.39, 0.29) is 24.8 Å². The molecule has 180 valence electrons. The molecule has 0 aliphatic carbocycles. The van der Waals surface area contributed by atoms with Crippen molar-refractivity contribution >= 4 is 29.3 Å². The average Bonchev–Trinajstić information content (AvgIpc) is 2.86. The smallest absolute Gasteiger partial charge is 0.344 e. The summed E-state index contributed by atoms with van der Waals surface area (Å²) in [6.07, 6.45) is 3.82. The van der Waals surface area contributed by atoms with Gasteiger partial charge in [-0.05, 0) is 36.8 Å². The number of piperazine rings is 1. The number of hydrogen-bond acceptors (Lipinski definition) is 8. The lowest BCUT2D eigenvalue weighted by Gasteiger charge is -2.36. The zero-order valence-corrected chi connectivity index (χ0v) is 19.1. The number of benzene rings is 2. The summed E-state index contributed by atoms with van der Waals surface area (Å²) < 4.78 is 15.9. The van der Waals surface area contributed by atoms with Gasteiger partial charge in [0, 0.05) is 44.0 Å². The van der Waals surface area contributed by atoms with Gasteiger partial charge in [0.25, 0.3) is 11.6 Å². The third kappa shape index (κ3) is 6.47. The van der Waals surface area contributed by atoms with Gasteiger partial charge in [-0.3, -0.25) is 14.9 Å². The van der Waals surface area contributed by atoms with Crippen molar-refractivity contribution in [3.8, 4) is 11.5 Å². The van der Waals surface area contributed by atoms with Gasteiger partial charge in [0.05, 0.1) is 12.0 Å². The standard InChI is InChI=1S/C24H27N3O7/c1-3-4-18-5-10-21(22(15-18)32-2)33-17-24(29)34-16-23(28)26-13-11-25(12-14-26)19-6-8-20(9-7-19)27(30)31/h3-10,15H,11-14,16-17H2,1-2H3/b4-3+. The highest BCUT2D eigenvalue weighted by molar-refractivity contribution is 5.81. The molecule has 3 rings (SSSR count). The number of allylic oxidation sites excluding steroid dienone is 1. The van der Waals surface area contributed by atoms with Gasteiger partial charge in [0.2, 0.25) is 0 Å². The van der Waals surface area contributed by atoms with Crippen molar-refractivity contribution in [1.29, 1.82) is 0 Å². The summed E-state index contributed by atoms with van der Waals surface area (Å²) in [6, 6.07) is 11.6. The van der Waals surface area contributed by atoms with Crippen LogP contribution >= 0.6 is 0 Å². The zero-order chi connectivity index (χ0) is 24.5. The van der Waals surface area contributed by atoms with Crippen molar-refractivity contribution in [1.82, 2.24) is 4.90 Å². The van der Waals surface area contributed by atoms with Crippen molar-refractivity contribution in [2.24, 2.45) is 0 Å². The lowest BCUT2D eigenvalue weighted by atomic mass is 10.2. The molecular weight excluding hydrogens is 442 g/mol. The van der Waals surface area contributed by atoms with E-state index in [9.17, 15) is 19.7 Å². The first-order chi connectivity index (χ1) is 16.4. The number of rotatable bonds is 9. The van der Waals surface area contributed by atoms with E-state index in [4.69, 9.17) is 14.2 Å². The molecule has 10 heteroatoms. The Morgan fingerprint density at radius 1 is 1.03 bits per heavy atom. The van der Waals surface area contributed by atoms with E-state index < -0.39 is 10.9 Å². The normalized spacial score (nSPS) is 13.6. The molecule has 1 aliphatic heterocycles. The predicted molar refractivity (Wildman–Crippen MR) is 126 cm³/mol. The summed E-state index contributed by atoms with van der Waals surface area (Å²) in [5.41, 5.74) is 1.83. The van der Waals surface area contributed by atoms with Crippen LogP contribution in [0.3, 0.4) is 0 Å². The molecule has 0 bridgehead atoms. The number of nitro benzene ring substituents is 1. The topological polar surface area (TPSA) is 111 Å². The van der Waals surface area contributed by atoms with Gasteiger partial charge in [-0.2, -0.15) is 0 Å². The van der Waals surface area contributed by atoms with Gasteiger partial charge < -0.3 is 24.0 Å². The van der Waals surface area contributed by atoms with E-state index in [1.54, 1.807) is 29.2 Å². The number of hydrogen-bond donors (Lipinski definition) is 0. The van der Waals surface area contributed by atoms with E-state index in [1.807, 2.05) is 30.0 Å². The molecule has 0 saturated carbocycles. The Bertz CT molecular complexity index is 1050. The lowest BCUT2D eigenvalue weighted by molar-refractivity contribution is -0.384. The van der Waals surface area contributed by atoms with E-state index in [0.717, 1.165) is 11.3 Å². The summed E-state index contributed by atoms with van der Waals surface area (Å²) in [7, 11) is 1.51. The molecule has 34 heavy (non-hydrogen) atoms. The van der Waals surface area contributed by atoms with Crippen LogP contribution in [-0.4, -0.2) is 68.2 Å². The fourth-order valence-electron chi connectivity index (χ4n) is 3.51. The third-order valence-electron chi connectivity index (χ3n) is 5.31. The Labute approximate surface area is 197 Å². The molecule has 0 spiro atoms. The van der Waals surface area contributed by atoms with Crippen molar-refractivity contribution in [2.75, 3.05) is 51.4 Å². The van der Waals surface area contributed by atoms with Crippen LogP contribution in [0.25, 0.3) is 6.08 Å². The van der Waals surface area contributed by atoms with Crippen LogP contribution in [0.15, 0.2) is 48.5 Å². The van der Waals surface area contributed by atoms with Crippen LogP contribution in [0.5, 0.6) is 11.5 Å². The maximum atomic E-state index is 12.4. The Balaban J connectivity index is 1.42. The second kappa shape index (κ2) is 11.7. The zero-order valence-electron chi connectivity index (χ0n) is 19.1.